The van der Waals surface area contributed by atoms with Crippen molar-refractivity contribution in [1.82, 2.24) is 10.6 Å². The van der Waals surface area contributed by atoms with E-state index in [1.165, 1.54) is 11.8 Å². The minimum absolute atomic E-state index is 0.167. The van der Waals surface area contributed by atoms with Crippen LogP contribution in [0.4, 0.5) is 14.5 Å². The fourth-order valence-electron chi connectivity index (χ4n) is 4.46. The molecule has 0 saturated heterocycles. The van der Waals surface area contributed by atoms with Crippen LogP contribution in [0.5, 0.6) is 0 Å². The molecule has 0 aromatic heterocycles. The summed E-state index contributed by atoms with van der Waals surface area (Å²) in [5.74, 6) is -5.15. The maximum absolute atomic E-state index is 13.3. The van der Waals surface area contributed by atoms with Crippen molar-refractivity contribution in [2.24, 2.45) is 11.7 Å². The van der Waals surface area contributed by atoms with Crippen molar-refractivity contribution in [2.75, 3.05) is 4.90 Å². The predicted octanol–water partition coefficient (Wildman–Crippen LogP) is 1.09. The summed E-state index contributed by atoms with van der Waals surface area (Å²) in [6.07, 6.45) is 1.10. The summed E-state index contributed by atoms with van der Waals surface area (Å²) in [7, 11) is 0. The first-order valence-corrected chi connectivity index (χ1v) is 10.9. The van der Waals surface area contributed by atoms with Gasteiger partial charge in [-0.05, 0) is 48.6 Å². The van der Waals surface area contributed by atoms with Gasteiger partial charge in [0.2, 0.25) is 23.6 Å². The number of nitrogens with two attached hydrogens (primary N) is 1. The van der Waals surface area contributed by atoms with Crippen molar-refractivity contribution in [1.29, 1.82) is 0 Å². The third-order valence-electron chi connectivity index (χ3n) is 6.23. The third kappa shape index (κ3) is 4.48. The van der Waals surface area contributed by atoms with Crippen LogP contribution in [0.15, 0.2) is 36.4 Å². The van der Waals surface area contributed by atoms with Gasteiger partial charge in [0, 0.05) is 19.0 Å². The summed E-state index contributed by atoms with van der Waals surface area (Å²) in [5.41, 5.74) is 8.16. The van der Waals surface area contributed by atoms with Gasteiger partial charge >= 0.3 is 0 Å². The van der Waals surface area contributed by atoms with E-state index in [0.29, 0.717) is 24.9 Å². The van der Waals surface area contributed by atoms with Crippen LogP contribution in [-0.2, 0) is 38.6 Å². The van der Waals surface area contributed by atoms with E-state index in [0.717, 1.165) is 29.3 Å². The van der Waals surface area contributed by atoms with E-state index in [9.17, 15) is 28.0 Å². The summed E-state index contributed by atoms with van der Waals surface area (Å²) in [6, 6.07) is 6.67. The first-order chi connectivity index (χ1) is 16.2. The fourth-order valence-corrected chi connectivity index (χ4v) is 4.46. The van der Waals surface area contributed by atoms with Gasteiger partial charge in [0.1, 0.15) is 29.6 Å². The van der Waals surface area contributed by atoms with Crippen LogP contribution >= 0.6 is 0 Å². The Bertz CT molecular complexity index is 1170. The van der Waals surface area contributed by atoms with E-state index in [2.05, 4.69) is 10.6 Å². The Labute approximate surface area is 194 Å². The number of primary amides is 1. The number of hydrogen-bond donors (Lipinski definition) is 3. The summed E-state index contributed by atoms with van der Waals surface area (Å²) < 4.78 is 26.7. The summed E-state index contributed by atoms with van der Waals surface area (Å²) in [5, 5.41) is 5.09. The first-order valence-electron chi connectivity index (χ1n) is 10.9. The zero-order valence-corrected chi connectivity index (χ0v) is 18.4. The number of nitrogens with zero attached hydrogens (tertiary/aromatic N) is 1. The standard InChI is InChI=1S/C24H24F2N4O4/c1-12(22(32)28-11-13-7-16(25)10-17(26)8-13)23(33)29-18-6-5-14-3-2-4-15-9-19(21(27)31)30(20(14)15)24(18)34/h2-4,7-8,10,12,18-19H,5-6,9,11H2,1H3,(H2,27,31)(H,28,32)(H,29,33)/t12-,18?,19?/m0/s1. The number of amides is 4. The largest absolute Gasteiger partial charge is 0.368 e. The van der Waals surface area contributed by atoms with Crippen LogP contribution in [0.25, 0.3) is 0 Å². The van der Waals surface area contributed by atoms with Gasteiger partial charge in [-0.25, -0.2) is 8.78 Å². The number of anilines is 1. The Morgan fingerprint density at radius 3 is 2.47 bits per heavy atom. The number of aryl methyl sites for hydroxylation is 1. The van der Waals surface area contributed by atoms with Gasteiger partial charge < -0.3 is 16.4 Å². The molecule has 2 aromatic rings. The molecule has 10 heteroatoms. The quantitative estimate of drug-likeness (QED) is 0.547. The Balaban J connectivity index is 1.44. The lowest BCUT2D eigenvalue weighted by Gasteiger charge is -2.27. The monoisotopic (exact) mass is 470 g/mol. The van der Waals surface area contributed by atoms with Gasteiger partial charge in [0.25, 0.3) is 0 Å². The van der Waals surface area contributed by atoms with Gasteiger partial charge in [0.15, 0.2) is 0 Å². The van der Waals surface area contributed by atoms with E-state index in [1.807, 2.05) is 18.2 Å². The topological polar surface area (TPSA) is 122 Å². The van der Waals surface area contributed by atoms with Gasteiger partial charge in [-0.3, -0.25) is 24.1 Å². The lowest BCUT2D eigenvalue weighted by atomic mass is 10.0. The molecule has 0 radical (unpaired) electrons. The van der Waals surface area contributed by atoms with Crippen LogP contribution in [0.2, 0.25) is 0 Å². The zero-order valence-electron chi connectivity index (χ0n) is 18.4. The molecule has 2 unspecified atom stereocenters. The van der Waals surface area contributed by atoms with Crippen molar-refractivity contribution in [3.8, 4) is 0 Å². The number of rotatable bonds is 6. The lowest BCUT2D eigenvalue weighted by Crippen LogP contribution is -2.55. The van der Waals surface area contributed by atoms with E-state index >= 15 is 0 Å². The van der Waals surface area contributed by atoms with Gasteiger partial charge in [0.05, 0.1) is 5.69 Å². The second-order valence-corrected chi connectivity index (χ2v) is 8.57. The molecular weight excluding hydrogens is 446 g/mol. The maximum Gasteiger partial charge on any atom is 0.250 e. The molecule has 2 heterocycles. The Hall–Kier alpha value is -3.82. The normalized spacial score (nSPS) is 19.7. The van der Waals surface area contributed by atoms with Crippen molar-refractivity contribution >= 4 is 29.3 Å². The second kappa shape index (κ2) is 9.20. The number of carbonyl (C=O) groups excluding carboxylic acids is 4. The molecule has 178 valence electrons. The number of nitrogens with one attached hydrogen (secondary N) is 2. The summed E-state index contributed by atoms with van der Waals surface area (Å²) in [6.45, 7) is 1.20. The average molecular weight is 470 g/mol. The van der Waals surface area contributed by atoms with Crippen LogP contribution in [0.3, 0.4) is 0 Å². The smallest absolute Gasteiger partial charge is 0.250 e. The highest BCUT2D eigenvalue weighted by Crippen LogP contribution is 2.38. The third-order valence-corrected chi connectivity index (χ3v) is 6.23. The molecule has 4 rings (SSSR count). The molecule has 3 atom stereocenters. The summed E-state index contributed by atoms with van der Waals surface area (Å²) in [4.78, 5) is 51.9. The highest BCUT2D eigenvalue weighted by molar-refractivity contribution is 6.08. The molecule has 2 aliphatic rings. The molecule has 0 spiro atoms. The van der Waals surface area contributed by atoms with Gasteiger partial charge in [-0.15, -0.1) is 0 Å². The molecule has 0 aliphatic carbocycles. The number of hydrogen-bond acceptors (Lipinski definition) is 4. The molecule has 0 fully saturated rings. The zero-order chi connectivity index (χ0) is 24.6. The highest BCUT2D eigenvalue weighted by atomic mass is 19.1. The Morgan fingerprint density at radius 1 is 1.12 bits per heavy atom. The summed E-state index contributed by atoms with van der Waals surface area (Å²) >= 11 is 0. The molecule has 0 bridgehead atoms. The van der Waals surface area contributed by atoms with Gasteiger partial charge in [-0.1, -0.05) is 18.2 Å². The van der Waals surface area contributed by atoms with Crippen molar-refractivity contribution in [2.45, 2.75) is 44.8 Å². The Kier molecular flexibility index (Phi) is 6.32. The fraction of sp³-hybridized carbons (Fsp3) is 0.333. The molecule has 2 aromatic carbocycles. The van der Waals surface area contributed by atoms with Crippen LogP contribution < -0.4 is 21.3 Å². The maximum atomic E-state index is 13.3. The highest BCUT2D eigenvalue weighted by Gasteiger charge is 2.43. The molecule has 4 amide bonds. The van der Waals surface area contributed by atoms with Crippen LogP contribution in [0.1, 0.15) is 30.0 Å². The van der Waals surface area contributed by atoms with E-state index < -0.39 is 53.3 Å². The lowest BCUT2D eigenvalue weighted by molar-refractivity contribution is -0.136. The minimum atomic E-state index is -1.17. The molecule has 0 saturated carbocycles. The van der Waals surface area contributed by atoms with Crippen LogP contribution in [-0.4, -0.2) is 35.7 Å². The number of carbonyl (C=O) groups is 4. The van der Waals surface area contributed by atoms with E-state index in [-0.39, 0.29) is 12.1 Å². The molecule has 34 heavy (non-hydrogen) atoms. The van der Waals surface area contributed by atoms with Crippen molar-refractivity contribution < 1.29 is 28.0 Å². The predicted molar refractivity (Wildman–Crippen MR) is 118 cm³/mol. The molecule has 4 N–H and O–H groups in total. The molecular formula is C24H24F2N4O4. The van der Waals surface area contributed by atoms with Gasteiger partial charge in [-0.2, -0.15) is 0 Å². The Morgan fingerprint density at radius 2 is 1.79 bits per heavy atom. The van der Waals surface area contributed by atoms with Crippen LogP contribution in [0, 0.1) is 17.6 Å². The SMILES string of the molecule is C[C@@H](C(=O)NCc1cc(F)cc(F)c1)C(=O)NC1CCc2cccc3c2N(C1=O)C(C(N)=O)C3. The second-order valence-electron chi connectivity index (χ2n) is 8.57. The first kappa shape index (κ1) is 23.3. The minimum Gasteiger partial charge on any atom is -0.368 e. The average Bonchev–Trinajstić information content (AvgIpc) is 3.13. The van der Waals surface area contributed by atoms with Crippen molar-refractivity contribution in [3.05, 3.63) is 64.7 Å². The van der Waals surface area contributed by atoms with E-state index in [1.54, 1.807) is 0 Å². The number of para-hydroxylation sites is 1. The number of halogens is 2. The van der Waals surface area contributed by atoms with Crippen molar-refractivity contribution in [3.63, 3.8) is 0 Å². The molecule has 2 aliphatic heterocycles. The number of benzene rings is 2. The molecule has 8 nitrogen and oxygen atoms in total. The van der Waals surface area contributed by atoms with E-state index in [4.69, 9.17) is 5.73 Å².